The van der Waals surface area contributed by atoms with Crippen LogP contribution < -0.4 is 9.64 Å². The van der Waals surface area contributed by atoms with Crippen LogP contribution in [0.5, 0.6) is 5.75 Å². The largest absolute Gasteiger partial charge is 0.494 e. The number of nitrogens with zero attached hydrogens (tertiary/aromatic N) is 4. The second kappa shape index (κ2) is 9.62. The lowest BCUT2D eigenvalue weighted by molar-refractivity contribution is 0.0531. The lowest BCUT2D eigenvalue weighted by atomic mass is 10.1. The normalized spacial score (nSPS) is 14.7. The zero-order chi connectivity index (χ0) is 21.8. The van der Waals surface area contributed by atoms with Gasteiger partial charge in [-0.05, 0) is 44.0 Å². The minimum atomic E-state index is -0.283. The van der Waals surface area contributed by atoms with Gasteiger partial charge in [-0.1, -0.05) is 12.1 Å². The van der Waals surface area contributed by atoms with Crippen molar-refractivity contribution in [2.45, 2.75) is 27.3 Å². The SMILES string of the molecule is CCOC(=O)c1sc2ncnc(N3CCN(Cc4ccc(OCC)cc4)CC3)c2c1C. The van der Waals surface area contributed by atoms with Gasteiger partial charge in [0.25, 0.3) is 0 Å². The summed E-state index contributed by atoms with van der Waals surface area (Å²) in [7, 11) is 0. The smallest absolute Gasteiger partial charge is 0.348 e. The third kappa shape index (κ3) is 4.65. The van der Waals surface area contributed by atoms with E-state index in [4.69, 9.17) is 9.47 Å². The highest BCUT2D eigenvalue weighted by Gasteiger charge is 2.25. The average Bonchev–Trinajstić information content (AvgIpc) is 3.13. The maximum Gasteiger partial charge on any atom is 0.348 e. The Morgan fingerprint density at radius 3 is 2.48 bits per heavy atom. The molecule has 0 saturated carbocycles. The predicted molar refractivity (Wildman–Crippen MR) is 123 cm³/mol. The Labute approximate surface area is 186 Å². The van der Waals surface area contributed by atoms with Crippen molar-refractivity contribution in [3.8, 4) is 5.75 Å². The first kappa shape index (κ1) is 21.5. The molecule has 4 rings (SSSR count). The van der Waals surface area contributed by atoms with E-state index in [0.717, 1.165) is 60.1 Å². The number of rotatable bonds is 7. The molecule has 0 amide bonds. The van der Waals surface area contributed by atoms with Crippen LogP contribution in [-0.2, 0) is 11.3 Å². The monoisotopic (exact) mass is 440 g/mol. The number of esters is 1. The first-order valence-electron chi connectivity index (χ1n) is 10.7. The van der Waals surface area contributed by atoms with Crippen LogP contribution in [0.2, 0.25) is 0 Å². The van der Waals surface area contributed by atoms with Crippen molar-refractivity contribution >= 4 is 33.3 Å². The molecular weight excluding hydrogens is 412 g/mol. The van der Waals surface area contributed by atoms with Gasteiger partial charge in [-0.25, -0.2) is 14.8 Å². The number of thiophene rings is 1. The Balaban J connectivity index is 1.45. The maximum atomic E-state index is 12.3. The molecule has 1 aliphatic rings. The molecule has 0 atom stereocenters. The van der Waals surface area contributed by atoms with Gasteiger partial charge in [0.15, 0.2) is 0 Å². The highest BCUT2D eigenvalue weighted by Crippen LogP contribution is 2.35. The number of aromatic nitrogens is 2. The minimum absolute atomic E-state index is 0.283. The number of piperazine rings is 1. The molecule has 1 aliphatic heterocycles. The Kier molecular flexibility index (Phi) is 6.67. The standard InChI is InChI=1S/C23H28N4O3S/c1-4-29-18-8-6-17(7-9-18)14-26-10-12-27(13-11-26)21-19-16(3)20(23(28)30-5-2)31-22(19)25-15-24-21/h6-9,15H,4-5,10-14H2,1-3H3. The topological polar surface area (TPSA) is 67.8 Å². The van der Waals surface area contributed by atoms with Crippen LogP contribution in [0.1, 0.15) is 34.6 Å². The van der Waals surface area contributed by atoms with Crippen molar-refractivity contribution in [1.29, 1.82) is 0 Å². The lowest BCUT2D eigenvalue weighted by Gasteiger charge is -2.35. The van der Waals surface area contributed by atoms with Crippen molar-refractivity contribution in [2.24, 2.45) is 0 Å². The van der Waals surface area contributed by atoms with Crippen molar-refractivity contribution < 1.29 is 14.3 Å². The van der Waals surface area contributed by atoms with Crippen LogP contribution in [0.25, 0.3) is 10.2 Å². The van der Waals surface area contributed by atoms with E-state index < -0.39 is 0 Å². The molecule has 0 spiro atoms. The van der Waals surface area contributed by atoms with Gasteiger partial charge in [-0.3, -0.25) is 4.90 Å². The van der Waals surface area contributed by atoms with Gasteiger partial charge in [0, 0.05) is 32.7 Å². The number of benzene rings is 1. The number of hydrogen-bond acceptors (Lipinski definition) is 8. The molecule has 7 nitrogen and oxygen atoms in total. The molecule has 3 heterocycles. The van der Waals surface area contributed by atoms with Gasteiger partial charge in [0.2, 0.25) is 0 Å². The molecule has 2 aromatic heterocycles. The predicted octanol–water partition coefficient (Wildman–Crippen LogP) is 3.90. The number of ether oxygens (including phenoxy) is 2. The van der Waals surface area contributed by atoms with E-state index in [1.54, 1.807) is 6.33 Å². The molecule has 0 aliphatic carbocycles. The van der Waals surface area contributed by atoms with Gasteiger partial charge in [0.1, 0.15) is 27.6 Å². The van der Waals surface area contributed by atoms with Gasteiger partial charge in [-0.2, -0.15) is 0 Å². The molecule has 164 valence electrons. The highest BCUT2D eigenvalue weighted by molar-refractivity contribution is 7.20. The molecule has 0 radical (unpaired) electrons. The van der Waals surface area contributed by atoms with E-state index >= 15 is 0 Å². The number of hydrogen-bond donors (Lipinski definition) is 0. The van der Waals surface area contributed by atoms with E-state index in [1.165, 1.54) is 16.9 Å². The van der Waals surface area contributed by atoms with Gasteiger partial charge in [0.05, 0.1) is 18.6 Å². The van der Waals surface area contributed by atoms with Crippen LogP contribution in [0.15, 0.2) is 30.6 Å². The summed E-state index contributed by atoms with van der Waals surface area (Å²) in [6.07, 6.45) is 1.59. The summed E-state index contributed by atoms with van der Waals surface area (Å²) in [5.41, 5.74) is 2.19. The minimum Gasteiger partial charge on any atom is -0.494 e. The Bertz CT molecular complexity index is 1040. The fourth-order valence-electron chi connectivity index (χ4n) is 3.92. The Morgan fingerprint density at radius 1 is 1.06 bits per heavy atom. The summed E-state index contributed by atoms with van der Waals surface area (Å²) in [5, 5.41) is 0.968. The Hall–Kier alpha value is -2.71. The summed E-state index contributed by atoms with van der Waals surface area (Å²) in [5.74, 6) is 1.54. The maximum absolute atomic E-state index is 12.3. The van der Waals surface area contributed by atoms with Crippen LogP contribution in [0.4, 0.5) is 5.82 Å². The molecular formula is C23H28N4O3S. The van der Waals surface area contributed by atoms with E-state index in [0.29, 0.717) is 18.1 Å². The van der Waals surface area contributed by atoms with Crippen LogP contribution in [0, 0.1) is 6.92 Å². The summed E-state index contributed by atoms with van der Waals surface area (Å²) >= 11 is 1.38. The molecule has 1 saturated heterocycles. The number of fused-ring (bicyclic) bond motifs is 1. The Morgan fingerprint density at radius 2 is 1.81 bits per heavy atom. The van der Waals surface area contributed by atoms with Gasteiger partial charge < -0.3 is 14.4 Å². The first-order chi connectivity index (χ1) is 15.1. The average molecular weight is 441 g/mol. The number of aryl methyl sites for hydroxylation is 1. The van der Waals surface area contributed by atoms with Crippen LogP contribution in [-0.4, -0.2) is 60.2 Å². The van der Waals surface area contributed by atoms with Gasteiger partial charge >= 0.3 is 5.97 Å². The molecule has 1 fully saturated rings. The summed E-state index contributed by atoms with van der Waals surface area (Å²) in [4.78, 5) is 27.5. The molecule has 8 heteroatoms. The first-order valence-corrected chi connectivity index (χ1v) is 11.5. The van der Waals surface area contributed by atoms with Crippen molar-refractivity contribution in [2.75, 3.05) is 44.3 Å². The summed E-state index contributed by atoms with van der Waals surface area (Å²) in [6.45, 7) is 11.4. The molecule has 0 unspecified atom stereocenters. The van der Waals surface area contributed by atoms with Gasteiger partial charge in [-0.15, -0.1) is 11.3 Å². The lowest BCUT2D eigenvalue weighted by Crippen LogP contribution is -2.46. The second-order valence-corrected chi connectivity index (χ2v) is 8.49. The van der Waals surface area contributed by atoms with Crippen LogP contribution >= 0.6 is 11.3 Å². The van der Waals surface area contributed by atoms with Crippen LogP contribution in [0.3, 0.4) is 0 Å². The van der Waals surface area contributed by atoms with E-state index in [2.05, 4.69) is 31.9 Å². The van der Waals surface area contributed by atoms with E-state index in [9.17, 15) is 4.79 Å². The van der Waals surface area contributed by atoms with Crippen molar-refractivity contribution in [3.05, 3.63) is 46.6 Å². The molecule has 1 aromatic carbocycles. The van der Waals surface area contributed by atoms with Crippen molar-refractivity contribution in [1.82, 2.24) is 14.9 Å². The zero-order valence-corrected chi connectivity index (χ0v) is 19.1. The number of carbonyl (C=O) groups is 1. The molecule has 3 aromatic rings. The fourth-order valence-corrected chi connectivity index (χ4v) is 4.95. The molecule has 0 N–H and O–H groups in total. The summed E-state index contributed by atoms with van der Waals surface area (Å²) < 4.78 is 10.7. The molecule has 0 bridgehead atoms. The van der Waals surface area contributed by atoms with E-state index in [1.807, 2.05) is 32.9 Å². The number of anilines is 1. The quantitative estimate of drug-likeness (QED) is 0.516. The zero-order valence-electron chi connectivity index (χ0n) is 18.3. The summed E-state index contributed by atoms with van der Waals surface area (Å²) in [6, 6.07) is 8.34. The van der Waals surface area contributed by atoms with Crippen molar-refractivity contribution in [3.63, 3.8) is 0 Å². The third-order valence-corrected chi connectivity index (χ3v) is 6.66. The number of carbonyl (C=O) groups excluding carboxylic acids is 1. The fraction of sp³-hybridized carbons (Fsp3) is 0.435. The highest BCUT2D eigenvalue weighted by atomic mass is 32.1. The van der Waals surface area contributed by atoms with E-state index in [-0.39, 0.29) is 5.97 Å². The molecule has 31 heavy (non-hydrogen) atoms. The third-order valence-electron chi connectivity index (χ3n) is 5.48. The second-order valence-electron chi connectivity index (χ2n) is 7.49.